The number of ether oxygens (including phenoxy) is 3. The van der Waals surface area contributed by atoms with Crippen molar-refractivity contribution in [2.75, 3.05) is 32.8 Å². The first-order chi connectivity index (χ1) is 16.7. The first-order valence-corrected chi connectivity index (χ1v) is 10.8. The van der Waals surface area contributed by atoms with E-state index in [4.69, 9.17) is 14.2 Å². The molecule has 0 saturated carbocycles. The molecule has 3 aromatic rings. The molecule has 0 saturated heterocycles. The molecule has 186 valence electrons. The molecule has 9 heteroatoms. The lowest BCUT2D eigenvalue weighted by Gasteiger charge is -2.26. The number of hydrogen-bond acceptors (Lipinski definition) is 4. The topological polar surface area (TPSA) is 75.6 Å². The molecule has 6 nitrogen and oxygen atoms in total. The van der Waals surface area contributed by atoms with Crippen LogP contribution >= 0.6 is 0 Å². The van der Waals surface area contributed by atoms with Gasteiger partial charge in [-0.05, 0) is 48.4 Å². The fourth-order valence-corrected chi connectivity index (χ4v) is 3.74. The van der Waals surface area contributed by atoms with Gasteiger partial charge in [-0.25, -0.2) is 0 Å². The average Bonchev–Trinajstić information content (AvgIpc) is 2.87. The third kappa shape index (κ3) is 6.05. The molecule has 0 aliphatic heterocycles. The SMILES string of the molecule is COc1ccc(N(CCc2ccc(C(F)(F)F)cc2)C(=O)[C@H]([NH3+])c2ccccc2OC)cc1OC. The summed E-state index contributed by atoms with van der Waals surface area (Å²) in [5, 5.41) is 0. The lowest BCUT2D eigenvalue weighted by atomic mass is 10.0. The summed E-state index contributed by atoms with van der Waals surface area (Å²) in [5.74, 6) is 1.18. The number of para-hydroxylation sites is 1. The molecule has 3 aromatic carbocycles. The predicted octanol–water partition coefficient (Wildman–Crippen LogP) is 4.29. The van der Waals surface area contributed by atoms with Crippen molar-refractivity contribution >= 4 is 11.6 Å². The zero-order valence-electron chi connectivity index (χ0n) is 19.8. The Morgan fingerprint density at radius 2 is 1.51 bits per heavy atom. The van der Waals surface area contributed by atoms with Gasteiger partial charge in [-0.3, -0.25) is 4.79 Å². The van der Waals surface area contributed by atoms with Gasteiger partial charge in [0.1, 0.15) is 5.75 Å². The van der Waals surface area contributed by atoms with Gasteiger partial charge >= 0.3 is 6.18 Å². The van der Waals surface area contributed by atoms with E-state index in [-0.39, 0.29) is 12.5 Å². The van der Waals surface area contributed by atoms with Gasteiger partial charge < -0.3 is 24.8 Å². The molecule has 0 spiro atoms. The van der Waals surface area contributed by atoms with E-state index in [0.29, 0.717) is 40.5 Å². The molecule has 0 unspecified atom stereocenters. The molecule has 0 bridgehead atoms. The number of carbonyl (C=O) groups excluding carboxylic acids is 1. The van der Waals surface area contributed by atoms with Crippen LogP contribution in [0.25, 0.3) is 0 Å². The van der Waals surface area contributed by atoms with E-state index in [0.717, 1.165) is 12.1 Å². The molecule has 0 aromatic heterocycles. The summed E-state index contributed by atoms with van der Waals surface area (Å²) < 4.78 is 54.8. The maximum Gasteiger partial charge on any atom is 0.416 e. The second kappa shape index (κ2) is 11.1. The molecule has 1 amide bonds. The van der Waals surface area contributed by atoms with Gasteiger partial charge in [0.15, 0.2) is 17.5 Å². The number of benzene rings is 3. The van der Waals surface area contributed by atoms with Crippen LogP contribution in [0.2, 0.25) is 0 Å². The van der Waals surface area contributed by atoms with Crippen molar-refractivity contribution < 1.29 is 37.9 Å². The fourth-order valence-electron chi connectivity index (χ4n) is 3.74. The molecular formula is C26H28F3N2O4+. The first-order valence-electron chi connectivity index (χ1n) is 10.8. The van der Waals surface area contributed by atoms with Crippen LogP contribution in [-0.2, 0) is 17.4 Å². The van der Waals surface area contributed by atoms with Crippen molar-refractivity contribution in [2.45, 2.75) is 18.6 Å². The number of methoxy groups -OCH3 is 3. The zero-order valence-corrected chi connectivity index (χ0v) is 19.8. The van der Waals surface area contributed by atoms with Gasteiger partial charge in [0.05, 0.1) is 32.5 Å². The maximum absolute atomic E-state index is 13.7. The standard InChI is InChI=1S/C26H27F3N2O4/c1-33-21-7-5-4-6-20(21)24(30)25(32)31(19-12-13-22(34-2)23(16-19)35-3)15-14-17-8-10-18(11-9-17)26(27,28)29/h4-13,16,24H,14-15,30H2,1-3H3/p+1/t24-/m1/s1. The summed E-state index contributed by atoms with van der Waals surface area (Å²) in [7, 11) is 4.53. The summed E-state index contributed by atoms with van der Waals surface area (Å²) >= 11 is 0. The first kappa shape index (κ1) is 25.9. The Labute approximate surface area is 202 Å². The summed E-state index contributed by atoms with van der Waals surface area (Å²) in [6, 6.07) is 16.3. The number of rotatable bonds is 9. The number of hydrogen-bond donors (Lipinski definition) is 1. The van der Waals surface area contributed by atoms with Crippen molar-refractivity contribution in [3.8, 4) is 17.2 Å². The van der Waals surface area contributed by atoms with Gasteiger partial charge in [0.2, 0.25) is 0 Å². The van der Waals surface area contributed by atoms with E-state index < -0.39 is 17.8 Å². The van der Waals surface area contributed by atoms with Crippen molar-refractivity contribution in [2.24, 2.45) is 0 Å². The third-order valence-electron chi connectivity index (χ3n) is 5.66. The number of anilines is 1. The Morgan fingerprint density at radius 1 is 0.886 bits per heavy atom. The van der Waals surface area contributed by atoms with Crippen LogP contribution in [0.15, 0.2) is 66.7 Å². The highest BCUT2D eigenvalue weighted by molar-refractivity contribution is 5.97. The Balaban J connectivity index is 1.93. The predicted molar refractivity (Wildman–Crippen MR) is 126 cm³/mol. The van der Waals surface area contributed by atoms with E-state index in [1.165, 1.54) is 33.5 Å². The summed E-state index contributed by atoms with van der Waals surface area (Å²) in [4.78, 5) is 15.2. The highest BCUT2D eigenvalue weighted by atomic mass is 19.4. The smallest absolute Gasteiger partial charge is 0.416 e. The molecule has 35 heavy (non-hydrogen) atoms. The number of alkyl halides is 3. The second-order valence-electron chi connectivity index (χ2n) is 7.77. The van der Waals surface area contributed by atoms with Crippen molar-refractivity contribution in [3.63, 3.8) is 0 Å². The monoisotopic (exact) mass is 489 g/mol. The number of carbonyl (C=O) groups is 1. The summed E-state index contributed by atoms with van der Waals surface area (Å²) in [6.45, 7) is 0.209. The molecular weight excluding hydrogens is 461 g/mol. The minimum absolute atomic E-state index is 0.209. The normalized spacial score (nSPS) is 12.1. The largest absolute Gasteiger partial charge is 0.496 e. The lowest BCUT2D eigenvalue weighted by molar-refractivity contribution is -0.409. The van der Waals surface area contributed by atoms with Crippen LogP contribution in [0.1, 0.15) is 22.7 Å². The third-order valence-corrected chi connectivity index (χ3v) is 5.66. The second-order valence-corrected chi connectivity index (χ2v) is 7.77. The van der Waals surface area contributed by atoms with Crippen LogP contribution in [0.3, 0.4) is 0 Å². The van der Waals surface area contributed by atoms with Crippen molar-refractivity contribution in [1.29, 1.82) is 0 Å². The Kier molecular flexibility index (Phi) is 8.24. The molecule has 0 aliphatic rings. The van der Waals surface area contributed by atoms with Gasteiger partial charge in [0, 0.05) is 18.3 Å². The maximum atomic E-state index is 13.7. The van der Waals surface area contributed by atoms with Gasteiger partial charge in [-0.2, -0.15) is 13.2 Å². The van der Waals surface area contributed by atoms with Crippen molar-refractivity contribution in [3.05, 3.63) is 83.4 Å². The van der Waals surface area contributed by atoms with E-state index in [2.05, 4.69) is 5.73 Å². The number of quaternary nitrogens is 1. The molecule has 1 atom stereocenters. The van der Waals surface area contributed by atoms with Crippen LogP contribution in [0.5, 0.6) is 17.2 Å². The Bertz CT molecular complexity index is 1150. The number of amides is 1. The Hall–Kier alpha value is -3.72. The lowest BCUT2D eigenvalue weighted by Crippen LogP contribution is -2.61. The minimum atomic E-state index is -4.41. The molecule has 3 rings (SSSR count). The molecule has 0 heterocycles. The summed E-state index contributed by atoms with van der Waals surface area (Å²) in [6.07, 6.45) is -4.08. The average molecular weight is 490 g/mol. The van der Waals surface area contributed by atoms with Crippen LogP contribution in [0.4, 0.5) is 18.9 Å². The van der Waals surface area contributed by atoms with Crippen molar-refractivity contribution in [1.82, 2.24) is 0 Å². The molecule has 0 aliphatic carbocycles. The molecule has 0 radical (unpaired) electrons. The van der Waals surface area contributed by atoms with E-state index in [1.807, 2.05) is 0 Å². The highest BCUT2D eigenvalue weighted by Gasteiger charge is 2.31. The van der Waals surface area contributed by atoms with Gasteiger partial charge in [-0.15, -0.1) is 0 Å². The number of halogens is 3. The van der Waals surface area contributed by atoms with Gasteiger partial charge in [0.25, 0.3) is 5.91 Å². The zero-order chi connectivity index (χ0) is 25.6. The molecule has 0 fully saturated rings. The quantitative estimate of drug-likeness (QED) is 0.487. The van der Waals surface area contributed by atoms with Crippen LogP contribution in [-0.4, -0.2) is 33.8 Å². The number of nitrogens with zero attached hydrogens (tertiary/aromatic N) is 1. The van der Waals surface area contributed by atoms with E-state index >= 15 is 0 Å². The van der Waals surface area contributed by atoms with E-state index in [9.17, 15) is 18.0 Å². The van der Waals surface area contributed by atoms with E-state index in [1.54, 1.807) is 47.4 Å². The van der Waals surface area contributed by atoms with Crippen LogP contribution in [0, 0.1) is 0 Å². The summed E-state index contributed by atoms with van der Waals surface area (Å²) in [5.41, 5.74) is 5.19. The fraction of sp³-hybridized carbons (Fsp3) is 0.269. The van der Waals surface area contributed by atoms with Crippen LogP contribution < -0.4 is 24.8 Å². The van der Waals surface area contributed by atoms with Gasteiger partial charge in [-0.1, -0.05) is 24.3 Å². The minimum Gasteiger partial charge on any atom is -0.496 e. The molecule has 3 N–H and O–H groups in total. The highest BCUT2D eigenvalue weighted by Crippen LogP contribution is 2.33. The Morgan fingerprint density at radius 3 is 2.11 bits per heavy atom.